The number of carbonyl (C=O) groups excluding carboxylic acids is 1. The van der Waals surface area contributed by atoms with Crippen LogP contribution in [0.3, 0.4) is 0 Å². The van der Waals surface area contributed by atoms with Crippen LogP contribution < -0.4 is 5.32 Å². The van der Waals surface area contributed by atoms with Gasteiger partial charge in [0.1, 0.15) is 4.88 Å². The van der Waals surface area contributed by atoms with Crippen molar-refractivity contribution in [1.29, 1.82) is 0 Å². The van der Waals surface area contributed by atoms with Gasteiger partial charge in [0.15, 0.2) is 0 Å². The Bertz CT molecular complexity index is 417. The number of amides is 1. The zero-order chi connectivity index (χ0) is 13.1. The van der Waals surface area contributed by atoms with E-state index in [2.05, 4.69) is 24.1 Å². The summed E-state index contributed by atoms with van der Waals surface area (Å²) < 4.78 is 0. The molecule has 1 heterocycles. The van der Waals surface area contributed by atoms with Gasteiger partial charge in [-0.1, -0.05) is 26.7 Å². The van der Waals surface area contributed by atoms with E-state index in [1.807, 2.05) is 0 Å². The summed E-state index contributed by atoms with van der Waals surface area (Å²) in [6.07, 6.45) is 4.99. The van der Waals surface area contributed by atoms with Crippen LogP contribution in [-0.4, -0.2) is 28.1 Å². The normalized spacial score (nSPS) is 24.2. The maximum Gasteiger partial charge on any atom is 0.263 e. The van der Waals surface area contributed by atoms with Gasteiger partial charge in [-0.25, -0.2) is 4.98 Å². The summed E-state index contributed by atoms with van der Waals surface area (Å²) in [4.78, 5) is 16.9. The molecule has 0 spiro atoms. The van der Waals surface area contributed by atoms with Crippen molar-refractivity contribution < 1.29 is 9.90 Å². The lowest BCUT2D eigenvalue weighted by Gasteiger charge is -2.28. The zero-order valence-electron chi connectivity index (χ0n) is 10.8. The van der Waals surface area contributed by atoms with Gasteiger partial charge in [0.2, 0.25) is 0 Å². The second-order valence-electron chi connectivity index (χ2n) is 5.15. The van der Waals surface area contributed by atoms with Crippen LogP contribution in [0, 0.1) is 0 Å². The zero-order valence-corrected chi connectivity index (χ0v) is 11.7. The summed E-state index contributed by atoms with van der Waals surface area (Å²) >= 11 is 1.43. The Labute approximate surface area is 111 Å². The van der Waals surface area contributed by atoms with Gasteiger partial charge in [-0.05, 0) is 12.8 Å². The third-order valence-corrected chi connectivity index (χ3v) is 4.58. The molecule has 2 rings (SSSR count). The Morgan fingerprint density at radius 3 is 2.83 bits per heavy atom. The summed E-state index contributed by atoms with van der Waals surface area (Å²) in [6, 6.07) is -0.101. The van der Waals surface area contributed by atoms with E-state index < -0.39 is 6.10 Å². The monoisotopic (exact) mass is 268 g/mol. The van der Waals surface area contributed by atoms with Gasteiger partial charge in [-0.15, -0.1) is 11.3 Å². The third-order valence-electron chi connectivity index (χ3n) is 3.29. The molecule has 0 radical (unpaired) electrons. The first-order valence-electron chi connectivity index (χ1n) is 6.52. The number of nitrogens with one attached hydrogen (secondary N) is 1. The number of thiazole rings is 1. The molecule has 2 atom stereocenters. The van der Waals surface area contributed by atoms with E-state index in [4.69, 9.17) is 0 Å². The molecular weight excluding hydrogens is 248 g/mol. The largest absolute Gasteiger partial charge is 0.391 e. The highest BCUT2D eigenvalue weighted by atomic mass is 32.1. The second kappa shape index (κ2) is 5.80. The van der Waals surface area contributed by atoms with Crippen molar-refractivity contribution >= 4 is 17.2 Å². The first-order chi connectivity index (χ1) is 8.58. The summed E-state index contributed by atoms with van der Waals surface area (Å²) in [5.74, 6) is 0.238. The maximum atomic E-state index is 12.0. The molecule has 2 unspecified atom stereocenters. The van der Waals surface area contributed by atoms with Crippen LogP contribution in [0.4, 0.5) is 0 Å². The molecular formula is C13H20N2O2S. The Morgan fingerprint density at radius 1 is 1.50 bits per heavy atom. The lowest BCUT2D eigenvalue weighted by molar-refractivity contribution is 0.0720. The number of aromatic nitrogens is 1. The highest BCUT2D eigenvalue weighted by Gasteiger charge is 2.25. The van der Waals surface area contributed by atoms with Crippen LogP contribution in [0.5, 0.6) is 0 Å². The number of aliphatic hydroxyl groups excluding tert-OH is 1. The molecule has 4 nitrogen and oxygen atoms in total. The molecule has 1 amide bonds. The minimum atomic E-state index is -0.403. The van der Waals surface area contributed by atoms with E-state index in [1.165, 1.54) is 11.3 Å². The van der Waals surface area contributed by atoms with Crippen molar-refractivity contribution in [2.45, 2.75) is 57.6 Å². The number of aliphatic hydroxyl groups is 1. The van der Waals surface area contributed by atoms with Crippen LogP contribution in [0.15, 0.2) is 6.20 Å². The minimum Gasteiger partial charge on any atom is -0.391 e. The van der Waals surface area contributed by atoms with Crippen molar-refractivity contribution in [2.24, 2.45) is 0 Å². The summed E-state index contributed by atoms with van der Waals surface area (Å²) in [5.41, 5.74) is 0. The van der Waals surface area contributed by atoms with E-state index >= 15 is 0 Å². The molecule has 1 fully saturated rings. The quantitative estimate of drug-likeness (QED) is 0.884. The average Bonchev–Trinajstić information content (AvgIpc) is 2.81. The second-order valence-corrected chi connectivity index (χ2v) is 6.21. The van der Waals surface area contributed by atoms with Gasteiger partial charge in [0.25, 0.3) is 5.91 Å². The predicted octanol–water partition coefficient (Wildman–Crippen LogP) is 2.30. The fourth-order valence-electron chi connectivity index (χ4n) is 2.18. The Hall–Kier alpha value is -0.940. The molecule has 1 aliphatic carbocycles. The first-order valence-corrected chi connectivity index (χ1v) is 7.34. The van der Waals surface area contributed by atoms with Crippen LogP contribution in [0.2, 0.25) is 0 Å². The fraction of sp³-hybridized carbons (Fsp3) is 0.692. The van der Waals surface area contributed by atoms with Crippen molar-refractivity contribution in [3.05, 3.63) is 16.1 Å². The molecule has 1 saturated carbocycles. The number of carbonyl (C=O) groups is 1. The van der Waals surface area contributed by atoms with Crippen LogP contribution in [0.1, 0.15) is 60.1 Å². The predicted molar refractivity (Wildman–Crippen MR) is 71.9 cm³/mol. The molecule has 0 aliphatic heterocycles. The number of nitrogens with zero attached hydrogens (tertiary/aromatic N) is 1. The van der Waals surface area contributed by atoms with Crippen molar-refractivity contribution in [3.63, 3.8) is 0 Å². The van der Waals surface area contributed by atoms with Crippen molar-refractivity contribution in [2.75, 3.05) is 0 Å². The minimum absolute atomic E-state index is 0.101. The van der Waals surface area contributed by atoms with Gasteiger partial charge in [0, 0.05) is 5.92 Å². The highest BCUT2D eigenvalue weighted by Crippen LogP contribution is 2.22. The summed E-state index contributed by atoms with van der Waals surface area (Å²) in [6.45, 7) is 4.12. The van der Waals surface area contributed by atoms with Crippen molar-refractivity contribution in [3.8, 4) is 0 Å². The van der Waals surface area contributed by atoms with E-state index in [0.717, 1.165) is 30.7 Å². The Morgan fingerprint density at radius 2 is 2.22 bits per heavy atom. The molecule has 0 bridgehead atoms. The fourth-order valence-corrected chi connectivity index (χ4v) is 3.00. The van der Waals surface area contributed by atoms with Gasteiger partial charge in [-0.2, -0.15) is 0 Å². The molecule has 1 aromatic rings. The van der Waals surface area contributed by atoms with Gasteiger partial charge < -0.3 is 10.4 Å². The third kappa shape index (κ3) is 3.09. The van der Waals surface area contributed by atoms with E-state index in [-0.39, 0.29) is 11.9 Å². The molecule has 0 aromatic carbocycles. The average molecular weight is 268 g/mol. The van der Waals surface area contributed by atoms with Crippen molar-refractivity contribution in [1.82, 2.24) is 10.3 Å². The Kier molecular flexibility index (Phi) is 4.35. The van der Waals surface area contributed by atoms with Crippen LogP contribution >= 0.6 is 11.3 Å². The molecule has 5 heteroatoms. The molecule has 1 aromatic heterocycles. The van der Waals surface area contributed by atoms with E-state index in [9.17, 15) is 9.90 Å². The topological polar surface area (TPSA) is 62.2 Å². The molecule has 1 aliphatic rings. The lowest BCUT2D eigenvalue weighted by atomic mass is 9.92. The standard InChI is InChI=1S/C13H20N2O2S/c1-8(2)13-14-7-11(18-13)12(17)15-9-5-3-4-6-10(9)16/h7-10,16H,3-6H2,1-2H3,(H,15,17). The molecule has 0 saturated heterocycles. The Balaban J connectivity index is 1.98. The highest BCUT2D eigenvalue weighted by molar-refractivity contribution is 7.13. The van der Waals surface area contributed by atoms with E-state index in [1.54, 1.807) is 6.20 Å². The van der Waals surface area contributed by atoms with Gasteiger partial charge in [-0.3, -0.25) is 4.79 Å². The van der Waals surface area contributed by atoms with Gasteiger partial charge in [0.05, 0.1) is 23.4 Å². The number of hydrogen-bond acceptors (Lipinski definition) is 4. The van der Waals surface area contributed by atoms with Gasteiger partial charge >= 0.3 is 0 Å². The van der Waals surface area contributed by atoms with E-state index in [0.29, 0.717) is 10.8 Å². The smallest absolute Gasteiger partial charge is 0.263 e. The lowest BCUT2D eigenvalue weighted by Crippen LogP contribution is -2.44. The molecule has 18 heavy (non-hydrogen) atoms. The first kappa shape index (κ1) is 13.5. The SMILES string of the molecule is CC(C)c1ncc(C(=O)NC2CCCCC2O)s1. The van der Waals surface area contributed by atoms with Crippen LogP contribution in [0.25, 0.3) is 0 Å². The van der Waals surface area contributed by atoms with Crippen LogP contribution in [-0.2, 0) is 0 Å². The maximum absolute atomic E-state index is 12.0. The molecule has 100 valence electrons. The summed E-state index contributed by atoms with van der Waals surface area (Å²) in [7, 11) is 0. The summed E-state index contributed by atoms with van der Waals surface area (Å²) in [5, 5.41) is 13.7. The number of rotatable bonds is 3. The number of hydrogen-bond donors (Lipinski definition) is 2. The molecule has 2 N–H and O–H groups in total.